The maximum Gasteiger partial charge on any atom is 0.0281 e. The van der Waals surface area contributed by atoms with Crippen LogP contribution in [0.4, 0.5) is 0 Å². The van der Waals surface area contributed by atoms with E-state index in [2.05, 4.69) is 70.6 Å². The third-order valence-electron chi connectivity index (χ3n) is 1.33. The quantitative estimate of drug-likeness (QED) is 0.581. The first-order valence-corrected chi connectivity index (χ1v) is 7.43. The minimum absolute atomic E-state index is 0.564. The van der Waals surface area contributed by atoms with Crippen molar-refractivity contribution in [2.24, 2.45) is 0 Å². The zero-order chi connectivity index (χ0) is 8.85. The van der Waals surface area contributed by atoms with E-state index in [-0.39, 0.29) is 0 Å². The molecular formula is C7H12Br4. The minimum atomic E-state index is 0.564. The van der Waals surface area contributed by atoms with Crippen molar-refractivity contribution in [3.8, 4) is 0 Å². The van der Waals surface area contributed by atoms with Crippen molar-refractivity contribution in [2.75, 3.05) is 5.33 Å². The van der Waals surface area contributed by atoms with Gasteiger partial charge in [-0.05, 0) is 12.8 Å². The van der Waals surface area contributed by atoms with Crippen molar-refractivity contribution >= 4 is 63.7 Å². The molecule has 3 atom stereocenters. The summed E-state index contributed by atoms with van der Waals surface area (Å²) in [6.45, 7) is 2.17. The van der Waals surface area contributed by atoms with Crippen LogP contribution in [-0.2, 0) is 0 Å². The topological polar surface area (TPSA) is 0 Å². The van der Waals surface area contributed by atoms with Crippen molar-refractivity contribution in [1.29, 1.82) is 0 Å². The average molecular weight is 416 g/mol. The van der Waals surface area contributed by atoms with Crippen LogP contribution in [0.5, 0.6) is 0 Å². The fraction of sp³-hybridized carbons (Fsp3) is 1.00. The molecule has 0 aliphatic heterocycles. The molecular weight excluding hydrogens is 404 g/mol. The second-order valence-corrected chi connectivity index (χ2v) is 7.23. The Hall–Kier alpha value is 1.92. The van der Waals surface area contributed by atoms with Gasteiger partial charge in [0.1, 0.15) is 0 Å². The van der Waals surface area contributed by atoms with Gasteiger partial charge in [-0.15, -0.1) is 0 Å². The molecule has 0 rings (SSSR count). The van der Waals surface area contributed by atoms with E-state index in [9.17, 15) is 0 Å². The predicted molar refractivity (Wildman–Crippen MR) is 66.8 cm³/mol. The van der Waals surface area contributed by atoms with Crippen molar-refractivity contribution in [3.63, 3.8) is 0 Å². The first-order valence-electron chi connectivity index (χ1n) is 3.56. The molecule has 0 fully saturated rings. The zero-order valence-corrected chi connectivity index (χ0v) is 12.7. The first kappa shape index (κ1) is 12.9. The lowest BCUT2D eigenvalue weighted by molar-refractivity contribution is 0.722. The van der Waals surface area contributed by atoms with Gasteiger partial charge in [-0.3, -0.25) is 0 Å². The van der Waals surface area contributed by atoms with Gasteiger partial charge in [0, 0.05) is 19.8 Å². The van der Waals surface area contributed by atoms with Crippen LogP contribution in [-0.4, -0.2) is 19.8 Å². The fourth-order valence-electron chi connectivity index (χ4n) is 0.743. The summed E-state index contributed by atoms with van der Waals surface area (Å²) in [5.74, 6) is 0. The first-order chi connectivity index (χ1) is 5.07. The van der Waals surface area contributed by atoms with Crippen LogP contribution in [0.1, 0.15) is 19.8 Å². The molecule has 0 aliphatic rings. The molecule has 0 spiro atoms. The summed E-state index contributed by atoms with van der Waals surface area (Å²) < 4.78 is 0. The van der Waals surface area contributed by atoms with Crippen LogP contribution in [0.3, 0.4) is 0 Å². The second-order valence-electron chi connectivity index (χ2n) is 2.53. The van der Waals surface area contributed by atoms with Gasteiger partial charge in [0.05, 0.1) is 0 Å². The summed E-state index contributed by atoms with van der Waals surface area (Å²) in [5, 5.41) is 1.06. The number of hydrogen-bond acceptors (Lipinski definition) is 0. The molecule has 0 N–H and O–H groups in total. The third-order valence-corrected chi connectivity index (χ3v) is 4.98. The normalized spacial score (nSPS) is 19.4. The highest BCUT2D eigenvalue weighted by atomic mass is 79.9. The molecule has 0 amide bonds. The monoisotopic (exact) mass is 412 g/mol. The van der Waals surface area contributed by atoms with Gasteiger partial charge >= 0.3 is 0 Å². The molecule has 3 unspecified atom stereocenters. The molecule has 0 bridgehead atoms. The van der Waals surface area contributed by atoms with Gasteiger partial charge in [0.25, 0.3) is 0 Å². The highest BCUT2D eigenvalue weighted by molar-refractivity contribution is 9.12. The van der Waals surface area contributed by atoms with E-state index in [1.165, 1.54) is 0 Å². The summed E-state index contributed by atoms with van der Waals surface area (Å²) in [5.41, 5.74) is 0. The number of hydrogen-bond donors (Lipinski definition) is 0. The summed E-state index contributed by atoms with van der Waals surface area (Å²) in [6.07, 6.45) is 2.32. The Bertz CT molecular complexity index is 94.4. The van der Waals surface area contributed by atoms with Crippen LogP contribution in [0.25, 0.3) is 0 Å². The molecule has 0 radical (unpaired) electrons. The summed E-state index contributed by atoms with van der Waals surface area (Å²) in [4.78, 5) is 1.72. The van der Waals surface area contributed by atoms with Crippen LogP contribution in [0.15, 0.2) is 0 Å². The largest absolute Gasteiger partial charge is 0.0928 e. The maximum absolute atomic E-state index is 3.65. The minimum Gasteiger partial charge on any atom is -0.0928 e. The van der Waals surface area contributed by atoms with Crippen molar-refractivity contribution in [2.45, 2.75) is 34.2 Å². The Balaban J connectivity index is 3.54. The lowest BCUT2D eigenvalue weighted by Gasteiger charge is -2.16. The van der Waals surface area contributed by atoms with E-state index in [1.54, 1.807) is 0 Å². The highest BCUT2D eigenvalue weighted by Gasteiger charge is 2.16. The standard InChI is InChI=1S/C7H12Br4/c1-5(9)4-7(11)6(10)2-3-8/h5-7H,2-4H2,1H3. The van der Waals surface area contributed by atoms with Crippen molar-refractivity contribution in [3.05, 3.63) is 0 Å². The van der Waals surface area contributed by atoms with Crippen LogP contribution in [0.2, 0.25) is 0 Å². The Labute approximate surface area is 102 Å². The third kappa shape index (κ3) is 7.03. The maximum atomic E-state index is 3.65. The van der Waals surface area contributed by atoms with Crippen molar-refractivity contribution < 1.29 is 0 Å². The SMILES string of the molecule is CC(Br)CC(Br)C(Br)CCBr. The summed E-state index contributed by atoms with van der Waals surface area (Å²) in [6, 6.07) is 0. The second kappa shape index (κ2) is 7.34. The van der Waals surface area contributed by atoms with Gasteiger partial charge in [-0.2, -0.15) is 0 Å². The van der Waals surface area contributed by atoms with Gasteiger partial charge in [-0.1, -0.05) is 70.6 Å². The van der Waals surface area contributed by atoms with Gasteiger partial charge < -0.3 is 0 Å². The Kier molecular flexibility index (Phi) is 8.62. The molecule has 11 heavy (non-hydrogen) atoms. The molecule has 0 aromatic heterocycles. The lowest BCUT2D eigenvalue weighted by Crippen LogP contribution is -2.17. The molecule has 0 aromatic rings. The lowest BCUT2D eigenvalue weighted by atomic mass is 10.2. The van der Waals surface area contributed by atoms with E-state index in [0.717, 1.165) is 18.2 Å². The van der Waals surface area contributed by atoms with E-state index in [1.807, 2.05) is 0 Å². The predicted octanol–water partition coefficient (Wildman–Crippen LogP) is 4.47. The Morgan fingerprint density at radius 3 is 2.00 bits per heavy atom. The van der Waals surface area contributed by atoms with E-state index in [0.29, 0.717) is 14.5 Å². The number of rotatable bonds is 5. The Morgan fingerprint density at radius 1 is 1.09 bits per heavy atom. The van der Waals surface area contributed by atoms with Crippen molar-refractivity contribution in [1.82, 2.24) is 0 Å². The van der Waals surface area contributed by atoms with Crippen LogP contribution >= 0.6 is 63.7 Å². The van der Waals surface area contributed by atoms with Gasteiger partial charge in [0.2, 0.25) is 0 Å². The number of alkyl halides is 4. The molecule has 0 saturated heterocycles. The summed E-state index contributed by atoms with van der Waals surface area (Å²) in [7, 11) is 0. The molecule has 0 nitrogen and oxygen atoms in total. The molecule has 0 saturated carbocycles. The fourth-order valence-corrected chi connectivity index (χ4v) is 4.02. The number of halogens is 4. The van der Waals surface area contributed by atoms with Crippen LogP contribution < -0.4 is 0 Å². The highest BCUT2D eigenvalue weighted by Crippen LogP contribution is 2.24. The zero-order valence-electron chi connectivity index (χ0n) is 6.37. The summed E-state index contributed by atoms with van der Waals surface area (Å²) >= 11 is 14.2. The van der Waals surface area contributed by atoms with Gasteiger partial charge in [0.15, 0.2) is 0 Å². The van der Waals surface area contributed by atoms with Crippen LogP contribution in [0, 0.1) is 0 Å². The molecule has 0 aromatic carbocycles. The van der Waals surface area contributed by atoms with E-state index < -0.39 is 0 Å². The van der Waals surface area contributed by atoms with E-state index in [4.69, 9.17) is 0 Å². The van der Waals surface area contributed by atoms with Gasteiger partial charge in [-0.25, -0.2) is 0 Å². The average Bonchev–Trinajstić information content (AvgIpc) is 1.86. The van der Waals surface area contributed by atoms with E-state index >= 15 is 0 Å². The smallest absolute Gasteiger partial charge is 0.0281 e. The molecule has 0 heterocycles. The molecule has 68 valence electrons. The molecule has 4 heteroatoms. The Morgan fingerprint density at radius 2 is 1.64 bits per heavy atom. The molecule has 0 aliphatic carbocycles.